The second kappa shape index (κ2) is 14.0. The van der Waals surface area contributed by atoms with E-state index in [1.165, 1.54) is 38.9 Å². The molecule has 0 bridgehead atoms. The molecule has 0 aliphatic carbocycles. The standard InChI is InChI=1S/C54H36N4/c1-5-18-37(19-6-1)43-28-17-29-46-51-44-26-13-15-30-49(44)57(50-31-16-14-27-45(50)53(51)58(52(43)46)41-24-11-4-12-25-41)42-34-32-40(33-35-42)54-55-47(38-20-7-2-8-21-38)36-48(56-54)39-22-9-3-10-23-39/h1-36H. The van der Waals surface area contributed by atoms with Gasteiger partial charge in [-0.25, -0.2) is 9.97 Å². The van der Waals surface area contributed by atoms with Gasteiger partial charge in [0.1, 0.15) is 0 Å². The van der Waals surface area contributed by atoms with Crippen LogP contribution in [0, 0.1) is 0 Å². The lowest BCUT2D eigenvalue weighted by Gasteiger charge is -2.27. The zero-order chi connectivity index (χ0) is 38.4. The molecule has 0 fully saturated rings. The highest BCUT2D eigenvalue weighted by atomic mass is 15.2. The Balaban J connectivity index is 1.12. The SMILES string of the molecule is c1ccc(-c2cc(-c3ccccc3)nc(-c3ccc(N4c5ccccc5-c5c(n(-c6ccccc6)c6c(-c7ccccc7)cccc56)-c5ccccc54)cc3)n2)cc1. The molecule has 1 aliphatic rings. The molecule has 272 valence electrons. The van der Waals surface area contributed by atoms with Crippen LogP contribution in [0.1, 0.15) is 0 Å². The fraction of sp³-hybridized carbons (Fsp3) is 0. The molecule has 0 radical (unpaired) electrons. The Bertz CT molecular complexity index is 3020. The highest BCUT2D eigenvalue weighted by Gasteiger charge is 2.32. The van der Waals surface area contributed by atoms with E-state index in [1.807, 2.05) is 12.1 Å². The van der Waals surface area contributed by atoms with Gasteiger partial charge in [0.05, 0.1) is 34.0 Å². The van der Waals surface area contributed by atoms with Gasteiger partial charge in [-0.1, -0.05) is 164 Å². The van der Waals surface area contributed by atoms with Crippen LogP contribution in [0.25, 0.3) is 84.0 Å². The van der Waals surface area contributed by atoms with Crippen molar-refractivity contribution in [2.45, 2.75) is 0 Å². The average molecular weight is 741 g/mol. The first kappa shape index (κ1) is 33.5. The summed E-state index contributed by atoms with van der Waals surface area (Å²) < 4.78 is 2.48. The van der Waals surface area contributed by atoms with Crippen LogP contribution in [0.15, 0.2) is 218 Å². The normalized spacial score (nSPS) is 11.8. The van der Waals surface area contributed by atoms with E-state index in [9.17, 15) is 0 Å². The fourth-order valence-electron chi connectivity index (χ4n) is 8.56. The van der Waals surface area contributed by atoms with E-state index in [1.54, 1.807) is 0 Å². The van der Waals surface area contributed by atoms with Crippen molar-refractivity contribution in [1.29, 1.82) is 0 Å². The van der Waals surface area contributed by atoms with Crippen molar-refractivity contribution in [3.05, 3.63) is 218 Å². The van der Waals surface area contributed by atoms with E-state index < -0.39 is 0 Å². The predicted octanol–water partition coefficient (Wildman–Crippen LogP) is 14.2. The number of benzene rings is 8. The molecule has 4 nitrogen and oxygen atoms in total. The number of rotatable bonds is 6. The van der Waals surface area contributed by atoms with Gasteiger partial charge >= 0.3 is 0 Å². The van der Waals surface area contributed by atoms with Gasteiger partial charge in [-0.05, 0) is 60.2 Å². The van der Waals surface area contributed by atoms with Crippen molar-refractivity contribution < 1.29 is 0 Å². The van der Waals surface area contributed by atoms with Crippen molar-refractivity contribution in [3.63, 3.8) is 0 Å². The van der Waals surface area contributed by atoms with E-state index in [0.29, 0.717) is 5.82 Å². The molecule has 0 amide bonds. The van der Waals surface area contributed by atoms with Gasteiger partial charge in [-0.3, -0.25) is 0 Å². The maximum absolute atomic E-state index is 5.12. The summed E-state index contributed by atoms with van der Waals surface area (Å²) in [5.41, 5.74) is 17.6. The maximum atomic E-state index is 5.12. The lowest BCUT2D eigenvalue weighted by molar-refractivity contribution is 1.13. The van der Waals surface area contributed by atoms with E-state index in [4.69, 9.17) is 9.97 Å². The van der Waals surface area contributed by atoms with Gasteiger partial charge in [0, 0.05) is 55.7 Å². The van der Waals surface area contributed by atoms with Gasteiger partial charge in [0.25, 0.3) is 0 Å². The Morgan fingerprint density at radius 2 is 0.845 bits per heavy atom. The van der Waals surface area contributed by atoms with E-state index in [-0.39, 0.29) is 0 Å². The first-order chi connectivity index (χ1) is 28.8. The van der Waals surface area contributed by atoms with Crippen LogP contribution in [0.3, 0.4) is 0 Å². The Morgan fingerprint density at radius 3 is 1.47 bits per heavy atom. The minimum absolute atomic E-state index is 0.688. The summed E-state index contributed by atoms with van der Waals surface area (Å²) in [4.78, 5) is 12.6. The number of fused-ring (bicyclic) bond motifs is 7. The highest BCUT2D eigenvalue weighted by Crippen LogP contribution is 2.55. The van der Waals surface area contributed by atoms with Crippen LogP contribution < -0.4 is 4.90 Å². The number of aromatic nitrogens is 3. The van der Waals surface area contributed by atoms with Crippen molar-refractivity contribution in [2.75, 3.05) is 4.90 Å². The van der Waals surface area contributed by atoms with Gasteiger partial charge in [-0.2, -0.15) is 0 Å². The maximum Gasteiger partial charge on any atom is 0.160 e. The third-order valence-corrected chi connectivity index (χ3v) is 11.2. The second-order valence-electron chi connectivity index (χ2n) is 14.6. The zero-order valence-corrected chi connectivity index (χ0v) is 31.6. The van der Waals surface area contributed by atoms with Crippen LogP contribution in [-0.2, 0) is 0 Å². The van der Waals surface area contributed by atoms with Gasteiger partial charge in [-0.15, -0.1) is 0 Å². The minimum atomic E-state index is 0.688. The summed E-state index contributed by atoms with van der Waals surface area (Å²) in [6.45, 7) is 0. The molecule has 4 heteroatoms. The predicted molar refractivity (Wildman–Crippen MR) is 240 cm³/mol. The average Bonchev–Trinajstić information content (AvgIpc) is 3.60. The topological polar surface area (TPSA) is 34.0 Å². The summed E-state index contributed by atoms with van der Waals surface area (Å²) in [6.07, 6.45) is 0. The molecule has 10 aromatic rings. The Labute approximate surface area is 337 Å². The highest BCUT2D eigenvalue weighted by molar-refractivity contribution is 6.15. The molecule has 0 unspecified atom stereocenters. The molecule has 0 saturated carbocycles. The fourth-order valence-corrected chi connectivity index (χ4v) is 8.56. The number of hydrogen-bond donors (Lipinski definition) is 0. The van der Waals surface area contributed by atoms with Gasteiger partial charge in [0.2, 0.25) is 0 Å². The quantitative estimate of drug-likeness (QED) is 0.170. The molecule has 0 atom stereocenters. The number of nitrogens with zero attached hydrogens (tertiary/aromatic N) is 4. The van der Waals surface area contributed by atoms with E-state index >= 15 is 0 Å². The molecule has 0 saturated heterocycles. The van der Waals surface area contributed by atoms with Crippen LogP contribution in [0.2, 0.25) is 0 Å². The molecule has 11 rings (SSSR count). The molecule has 0 N–H and O–H groups in total. The summed E-state index contributed by atoms with van der Waals surface area (Å²) in [7, 11) is 0. The zero-order valence-electron chi connectivity index (χ0n) is 31.6. The molecule has 2 aromatic heterocycles. The van der Waals surface area contributed by atoms with Crippen molar-refractivity contribution in [2.24, 2.45) is 0 Å². The molecule has 0 spiro atoms. The third kappa shape index (κ3) is 5.62. The summed E-state index contributed by atoms with van der Waals surface area (Å²) in [5.74, 6) is 0.688. The monoisotopic (exact) mass is 740 g/mol. The van der Waals surface area contributed by atoms with Crippen LogP contribution in [-0.4, -0.2) is 14.5 Å². The second-order valence-corrected chi connectivity index (χ2v) is 14.6. The van der Waals surface area contributed by atoms with E-state index in [2.05, 4.69) is 216 Å². The Kier molecular flexibility index (Phi) is 8.11. The van der Waals surface area contributed by atoms with Gasteiger partial charge < -0.3 is 9.47 Å². The Morgan fingerprint density at radius 1 is 0.345 bits per heavy atom. The molecule has 3 heterocycles. The smallest absolute Gasteiger partial charge is 0.160 e. The molecule has 8 aromatic carbocycles. The molecular formula is C54H36N4. The first-order valence-electron chi connectivity index (χ1n) is 19.7. The van der Waals surface area contributed by atoms with E-state index in [0.717, 1.165) is 56.4 Å². The molecule has 58 heavy (non-hydrogen) atoms. The largest absolute Gasteiger partial charge is 0.309 e. The Hall–Kier alpha value is -7.82. The lowest BCUT2D eigenvalue weighted by atomic mass is 9.96. The van der Waals surface area contributed by atoms with Crippen molar-refractivity contribution >= 4 is 28.0 Å². The summed E-state index contributed by atoms with van der Waals surface area (Å²) in [5, 5.41) is 1.21. The lowest BCUT2D eigenvalue weighted by Crippen LogP contribution is -2.11. The van der Waals surface area contributed by atoms with Crippen molar-refractivity contribution in [3.8, 4) is 73.1 Å². The van der Waals surface area contributed by atoms with Crippen molar-refractivity contribution in [1.82, 2.24) is 14.5 Å². The number of anilines is 3. The summed E-state index contributed by atoms with van der Waals surface area (Å²) >= 11 is 0. The molecular weight excluding hydrogens is 705 g/mol. The first-order valence-corrected chi connectivity index (χ1v) is 19.7. The molecule has 1 aliphatic heterocycles. The third-order valence-electron chi connectivity index (χ3n) is 11.2. The number of para-hydroxylation sites is 4. The summed E-state index contributed by atoms with van der Waals surface area (Å²) in [6, 6.07) is 77.4. The van der Waals surface area contributed by atoms with Gasteiger partial charge in [0.15, 0.2) is 5.82 Å². The van der Waals surface area contributed by atoms with Crippen LogP contribution in [0.5, 0.6) is 0 Å². The van der Waals surface area contributed by atoms with Crippen LogP contribution in [0.4, 0.5) is 17.1 Å². The number of hydrogen-bond acceptors (Lipinski definition) is 3. The van der Waals surface area contributed by atoms with Crippen LogP contribution >= 0.6 is 0 Å². The minimum Gasteiger partial charge on any atom is -0.309 e.